The van der Waals surface area contributed by atoms with Gasteiger partial charge in [-0.25, -0.2) is 18.7 Å². The molecule has 3 aromatic rings. The Morgan fingerprint density at radius 2 is 2.19 bits per heavy atom. The maximum absolute atomic E-state index is 13.1. The molecule has 27 heavy (non-hydrogen) atoms. The van der Waals surface area contributed by atoms with Gasteiger partial charge in [0.2, 0.25) is 0 Å². The third kappa shape index (κ3) is 3.12. The summed E-state index contributed by atoms with van der Waals surface area (Å²) in [6.45, 7) is 1.89. The molecule has 138 valence electrons. The van der Waals surface area contributed by atoms with Crippen molar-refractivity contribution in [3.05, 3.63) is 41.0 Å². The van der Waals surface area contributed by atoms with Crippen LogP contribution in [0.2, 0.25) is 0 Å². The molecule has 1 saturated carbocycles. The second-order valence-electron chi connectivity index (χ2n) is 6.56. The highest BCUT2D eigenvalue weighted by atomic mass is 19.3. The van der Waals surface area contributed by atoms with Crippen molar-refractivity contribution in [1.82, 2.24) is 24.6 Å². The van der Waals surface area contributed by atoms with E-state index in [1.807, 2.05) is 13.0 Å². The fraction of sp³-hybridized carbons (Fsp3) is 0.353. The van der Waals surface area contributed by atoms with Gasteiger partial charge in [-0.15, -0.1) is 0 Å². The van der Waals surface area contributed by atoms with Gasteiger partial charge in [0.25, 0.3) is 11.7 Å². The van der Waals surface area contributed by atoms with Crippen LogP contribution in [0.5, 0.6) is 0 Å². The third-order valence-corrected chi connectivity index (χ3v) is 4.67. The van der Waals surface area contributed by atoms with Crippen molar-refractivity contribution in [2.45, 2.75) is 25.7 Å². The molecule has 1 unspecified atom stereocenters. The van der Waals surface area contributed by atoms with E-state index in [2.05, 4.69) is 25.4 Å². The number of alkyl halides is 2. The SMILES string of the molecule is Cc1nc2ncnn2c(N)c1Cc1ccc(C#N)c(NCC2CC2(F)F)n1. The Hall–Kier alpha value is -3.35. The summed E-state index contributed by atoms with van der Waals surface area (Å²) in [5, 5.41) is 16.2. The number of hydrogen-bond acceptors (Lipinski definition) is 7. The van der Waals surface area contributed by atoms with Crippen LogP contribution in [0.25, 0.3) is 5.78 Å². The molecule has 4 rings (SSSR count). The van der Waals surface area contributed by atoms with Crippen LogP contribution in [0.1, 0.15) is 28.9 Å². The first-order valence-electron chi connectivity index (χ1n) is 8.35. The summed E-state index contributed by atoms with van der Waals surface area (Å²) in [5.41, 5.74) is 8.56. The van der Waals surface area contributed by atoms with Gasteiger partial charge in [0, 0.05) is 42.3 Å². The van der Waals surface area contributed by atoms with Crippen LogP contribution in [-0.4, -0.2) is 37.0 Å². The Balaban J connectivity index is 1.61. The first-order chi connectivity index (χ1) is 12.9. The van der Waals surface area contributed by atoms with Crippen molar-refractivity contribution in [2.24, 2.45) is 5.92 Å². The molecular weight excluding hydrogens is 354 g/mol. The first kappa shape index (κ1) is 17.1. The molecule has 3 N–H and O–H groups in total. The van der Waals surface area contributed by atoms with Gasteiger partial charge in [0.1, 0.15) is 24.0 Å². The van der Waals surface area contributed by atoms with E-state index < -0.39 is 11.8 Å². The number of halogens is 2. The lowest BCUT2D eigenvalue weighted by Crippen LogP contribution is -2.12. The zero-order chi connectivity index (χ0) is 19.2. The van der Waals surface area contributed by atoms with Crippen molar-refractivity contribution < 1.29 is 8.78 Å². The Bertz CT molecular complexity index is 1070. The highest BCUT2D eigenvalue weighted by Gasteiger charge is 2.56. The minimum Gasteiger partial charge on any atom is -0.383 e. The van der Waals surface area contributed by atoms with E-state index in [-0.39, 0.29) is 13.0 Å². The van der Waals surface area contributed by atoms with Crippen LogP contribution in [0.4, 0.5) is 20.4 Å². The number of nitrogens with two attached hydrogens (primary N) is 1. The lowest BCUT2D eigenvalue weighted by molar-refractivity contribution is 0.101. The molecule has 1 aliphatic carbocycles. The minimum absolute atomic E-state index is 0.0752. The van der Waals surface area contributed by atoms with Gasteiger partial charge in [-0.1, -0.05) is 0 Å². The predicted octanol–water partition coefficient (Wildman–Crippen LogP) is 1.94. The molecule has 0 radical (unpaired) electrons. The summed E-state index contributed by atoms with van der Waals surface area (Å²) in [6, 6.07) is 5.35. The number of aromatic nitrogens is 5. The largest absolute Gasteiger partial charge is 0.383 e. The van der Waals surface area contributed by atoms with E-state index in [1.54, 1.807) is 12.1 Å². The number of pyridine rings is 1. The number of rotatable bonds is 5. The maximum atomic E-state index is 13.1. The summed E-state index contributed by atoms with van der Waals surface area (Å²) < 4.78 is 27.6. The zero-order valence-electron chi connectivity index (χ0n) is 14.4. The Labute approximate surface area is 153 Å². The molecule has 0 saturated heterocycles. The van der Waals surface area contributed by atoms with Crippen molar-refractivity contribution >= 4 is 17.4 Å². The number of nitriles is 1. The average Bonchev–Trinajstić information content (AvgIpc) is 3.02. The molecule has 1 atom stereocenters. The second-order valence-corrected chi connectivity index (χ2v) is 6.56. The van der Waals surface area contributed by atoms with Crippen LogP contribution < -0.4 is 11.1 Å². The van der Waals surface area contributed by atoms with Gasteiger partial charge < -0.3 is 11.1 Å². The van der Waals surface area contributed by atoms with Gasteiger partial charge in [0.05, 0.1) is 5.56 Å². The fourth-order valence-electron chi connectivity index (χ4n) is 2.95. The number of fused-ring (bicyclic) bond motifs is 1. The monoisotopic (exact) mass is 370 g/mol. The summed E-state index contributed by atoms with van der Waals surface area (Å²) in [7, 11) is 0. The summed E-state index contributed by atoms with van der Waals surface area (Å²) in [6.07, 6.45) is 1.60. The standard InChI is InChI=1S/C17H16F2N8/c1-9-13(14(21)27-16(25-9)23-8-24-27)4-12-3-2-10(6-20)15(26-12)22-7-11-5-17(11,18)19/h2-3,8,11H,4-5,7,21H2,1H3,(H,22,26). The molecule has 3 heterocycles. The van der Waals surface area contributed by atoms with E-state index in [0.717, 1.165) is 5.56 Å². The van der Waals surface area contributed by atoms with Crippen molar-refractivity contribution in [3.63, 3.8) is 0 Å². The molecule has 3 aromatic heterocycles. The first-order valence-corrected chi connectivity index (χ1v) is 8.35. The highest BCUT2D eigenvalue weighted by Crippen LogP contribution is 2.48. The zero-order valence-corrected chi connectivity index (χ0v) is 14.4. The molecule has 0 aromatic carbocycles. The van der Waals surface area contributed by atoms with Gasteiger partial charge >= 0.3 is 0 Å². The Kier molecular flexibility index (Phi) is 3.87. The topological polar surface area (TPSA) is 118 Å². The molecule has 0 bridgehead atoms. The average molecular weight is 370 g/mol. The predicted molar refractivity (Wildman–Crippen MR) is 93.2 cm³/mol. The maximum Gasteiger partial charge on any atom is 0.254 e. The minimum atomic E-state index is -2.62. The van der Waals surface area contributed by atoms with Crippen LogP contribution in [0.15, 0.2) is 18.5 Å². The number of nitrogens with one attached hydrogen (secondary N) is 1. The van der Waals surface area contributed by atoms with Gasteiger partial charge in [-0.05, 0) is 19.1 Å². The van der Waals surface area contributed by atoms with Crippen molar-refractivity contribution in [3.8, 4) is 6.07 Å². The Morgan fingerprint density at radius 3 is 2.89 bits per heavy atom. The molecule has 1 aliphatic rings. The summed E-state index contributed by atoms with van der Waals surface area (Å²) in [4.78, 5) is 12.8. The third-order valence-electron chi connectivity index (χ3n) is 4.67. The summed E-state index contributed by atoms with van der Waals surface area (Å²) in [5.74, 6) is -2.22. The Morgan fingerprint density at radius 1 is 1.41 bits per heavy atom. The van der Waals surface area contributed by atoms with Crippen LogP contribution in [0.3, 0.4) is 0 Å². The van der Waals surface area contributed by atoms with Crippen LogP contribution in [0, 0.1) is 24.2 Å². The molecular formula is C17H16F2N8. The number of hydrogen-bond donors (Lipinski definition) is 2. The number of aryl methyl sites for hydroxylation is 1. The number of nitrogen functional groups attached to an aromatic ring is 1. The van der Waals surface area contributed by atoms with Crippen LogP contribution in [-0.2, 0) is 6.42 Å². The lowest BCUT2D eigenvalue weighted by atomic mass is 10.1. The van der Waals surface area contributed by atoms with Gasteiger partial charge in [-0.3, -0.25) is 0 Å². The van der Waals surface area contributed by atoms with E-state index >= 15 is 0 Å². The molecule has 1 fully saturated rings. The van der Waals surface area contributed by atoms with E-state index in [4.69, 9.17) is 5.73 Å². The van der Waals surface area contributed by atoms with E-state index in [0.29, 0.717) is 40.8 Å². The molecule has 10 heteroatoms. The van der Waals surface area contributed by atoms with Gasteiger partial charge in [-0.2, -0.15) is 19.9 Å². The van der Waals surface area contributed by atoms with E-state index in [1.165, 1.54) is 10.8 Å². The van der Waals surface area contributed by atoms with Crippen molar-refractivity contribution in [2.75, 3.05) is 17.6 Å². The van der Waals surface area contributed by atoms with Crippen molar-refractivity contribution in [1.29, 1.82) is 5.26 Å². The van der Waals surface area contributed by atoms with Gasteiger partial charge in [0.15, 0.2) is 0 Å². The fourth-order valence-corrected chi connectivity index (χ4v) is 2.95. The molecule has 8 nitrogen and oxygen atoms in total. The smallest absolute Gasteiger partial charge is 0.254 e. The lowest BCUT2D eigenvalue weighted by Gasteiger charge is -2.12. The second kappa shape index (κ2) is 6.12. The molecule has 0 amide bonds. The molecule has 0 spiro atoms. The molecule has 0 aliphatic heterocycles. The summed E-state index contributed by atoms with van der Waals surface area (Å²) >= 11 is 0. The quantitative estimate of drug-likeness (QED) is 0.704. The number of anilines is 2. The van der Waals surface area contributed by atoms with E-state index in [9.17, 15) is 14.0 Å². The van der Waals surface area contributed by atoms with Crippen LogP contribution >= 0.6 is 0 Å². The number of nitrogens with zero attached hydrogens (tertiary/aromatic N) is 6. The highest BCUT2D eigenvalue weighted by molar-refractivity contribution is 5.54. The normalized spacial score (nSPS) is 17.6.